The number of hydrogen-bond acceptors (Lipinski definition) is 4. The van der Waals surface area contributed by atoms with Crippen LogP contribution in [0.25, 0.3) is 10.9 Å². The topological polar surface area (TPSA) is 72.5 Å². The molecule has 0 saturated carbocycles. The highest BCUT2D eigenvalue weighted by Gasteiger charge is 2.45. The molecule has 1 unspecified atom stereocenters. The van der Waals surface area contributed by atoms with E-state index in [4.69, 9.17) is 0 Å². The molecular formula is C15H17N5O2. The van der Waals surface area contributed by atoms with Crippen LogP contribution in [0, 0.1) is 0 Å². The molecule has 3 amide bonds. The summed E-state index contributed by atoms with van der Waals surface area (Å²) in [5.41, 5.74) is 2.19. The van der Waals surface area contributed by atoms with Crippen LogP contribution in [0.1, 0.15) is 5.56 Å². The summed E-state index contributed by atoms with van der Waals surface area (Å²) in [5.74, 6) is -0.0984. The molecule has 7 nitrogen and oxygen atoms in total. The van der Waals surface area contributed by atoms with Gasteiger partial charge in [-0.05, 0) is 11.6 Å². The lowest BCUT2D eigenvalue weighted by molar-refractivity contribution is -0.128. The van der Waals surface area contributed by atoms with Crippen molar-refractivity contribution in [2.24, 2.45) is 0 Å². The lowest BCUT2D eigenvalue weighted by Crippen LogP contribution is -2.52. The molecule has 22 heavy (non-hydrogen) atoms. The molecule has 2 aliphatic rings. The van der Waals surface area contributed by atoms with Crippen molar-refractivity contribution in [3.05, 3.63) is 30.0 Å². The van der Waals surface area contributed by atoms with Crippen LogP contribution in [0.3, 0.4) is 0 Å². The molecule has 114 valence electrons. The summed E-state index contributed by atoms with van der Waals surface area (Å²) in [7, 11) is 1.56. The Morgan fingerprint density at radius 3 is 3.05 bits per heavy atom. The first kappa shape index (κ1) is 13.3. The molecule has 0 aliphatic carbocycles. The Balaban J connectivity index is 1.50. The molecule has 0 bridgehead atoms. The fraction of sp³-hybridized carbons (Fsp3) is 0.400. The number of aromatic amines is 1. The van der Waals surface area contributed by atoms with E-state index in [9.17, 15) is 9.59 Å². The second-order valence-electron chi connectivity index (χ2n) is 5.92. The van der Waals surface area contributed by atoms with Gasteiger partial charge in [-0.25, -0.2) is 4.79 Å². The van der Waals surface area contributed by atoms with Gasteiger partial charge in [0.05, 0.1) is 11.7 Å². The first-order valence-electron chi connectivity index (χ1n) is 7.36. The molecule has 7 heteroatoms. The van der Waals surface area contributed by atoms with E-state index in [2.05, 4.69) is 27.2 Å². The van der Waals surface area contributed by atoms with Crippen LogP contribution in [0.5, 0.6) is 0 Å². The molecule has 1 aromatic heterocycles. The van der Waals surface area contributed by atoms with Crippen LogP contribution < -0.4 is 0 Å². The quantitative estimate of drug-likeness (QED) is 0.826. The van der Waals surface area contributed by atoms with Crippen molar-refractivity contribution < 1.29 is 9.59 Å². The standard InChI is InChI=1S/C15H17N5O2/c1-18-14(21)13-9-19(4-5-20(13)15(18)22)8-10-2-3-11-7-16-17-12(11)6-10/h2-3,6-7,13H,4-5,8-9H2,1H3,(H,16,17). The molecule has 4 rings (SSSR count). The summed E-state index contributed by atoms with van der Waals surface area (Å²) in [5, 5.41) is 8.09. The highest BCUT2D eigenvalue weighted by molar-refractivity contribution is 6.04. The molecule has 2 aliphatic heterocycles. The molecule has 0 radical (unpaired) electrons. The van der Waals surface area contributed by atoms with Gasteiger partial charge in [0, 0.05) is 38.6 Å². The second-order valence-corrected chi connectivity index (χ2v) is 5.92. The number of nitrogens with zero attached hydrogens (tertiary/aromatic N) is 4. The summed E-state index contributed by atoms with van der Waals surface area (Å²) in [4.78, 5) is 29.2. The van der Waals surface area contributed by atoms with E-state index in [0.29, 0.717) is 13.1 Å². The number of carbonyl (C=O) groups excluding carboxylic acids is 2. The molecule has 2 fully saturated rings. The van der Waals surface area contributed by atoms with Crippen LogP contribution in [0.4, 0.5) is 4.79 Å². The Hall–Kier alpha value is -2.41. The van der Waals surface area contributed by atoms with E-state index in [1.54, 1.807) is 18.1 Å². The number of H-pyrrole nitrogens is 1. The third-order valence-corrected chi connectivity index (χ3v) is 4.53. The number of aromatic nitrogens is 2. The predicted molar refractivity (Wildman–Crippen MR) is 80.0 cm³/mol. The van der Waals surface area contributed by atoms with Crippen LogP contribution >= 0.6 is 0 Å². The van der Waals surface area contributed by atoms with Crippen LogP contribution in [-0.4, -0.2) is 69.6 Å². The van der Waals surface area contributed by atoms with Crippen LogP contribution in [0.15, 0.2) is 24.4 Å². The molecule has 1 N–H and O–H groups in total. The fourth-order valence-electron chi connectivity index (χ4n) is 3.27. The largest absolute Gasteiger partial charge is 0.327 e. The lowest BCUT2D eigenvalue weighted by atomic mass is 10.1. The minimum Gasteiger partial charge on any atom is -0.310 e. The maximum atomic E-state index is 12.1. The molecule has 2 aromatic rings. The molecule has 1 atom stereocenters. The first-order valence-corrected chi connectivity index (χ1v) is 7.36. The average molecular weight is 299 g/mol. The van der Waals surface area contributed by atoms with Gasteiger partial charge >= 0.3 is 6.03 Å². The zero-order valence-electron chi connectivity index (χ0n) is 12.3. The molecule has 3 heterocycles. The highest BCUT2D eigenvalue weighted by Crippen LogP contribution is 2.22. The Bertz CT molecular complexity index is 755. The number of fused-ring (bicyclic) bond motifs is 2. The lowest BCUT2D eigenvalue weighted by Gasteiger charge is -2.35. The van der Waals surface area contributed by atoms with Gasteiger partial charge in [0.25, 0.3) is 5.91 Å². The van der Waals surface area contributed by atoms with Gasteiger partial charge < -0.3 is 4.90 Å². The number of piperazine rings is 1. The Labute approximate surface area is 127 Å². The monoisotopic (exact) mass is 299 g/mol. The SMILES string of the molecule is CN1C(=O)C2CN(Cc3ccc4cn[nH]c4c3)CCN2C1=O. The third-order valence-electron chi connectivity index (χ3n) is 4.53. The smallest absolute Gasteiger partial charge is 0.310 e. The van der Waals surface area contributed by atoms with Crippen molar-refractivity contribution >= 4 is 22.8 Å². The van der Waals surface area contributed by atoms with Crippen molar-refractivity contribution in [2.75, 3.05) is 26.7 Å². The highest BCUT2D eigenvalue weighted by atomic mass is 16.2. The number of hydrogen-bond donors (Lipinski definition) is 1. The second kappa shape index (κ2) is 4.81. The number of rotatable bonds is 2. The number of imide groups is 1. The molecule has 2 saturated heterocycles. The molecular weight excluding hydrogens is 282 g/mol. The zero-order valence-corrected chi connectivity index (χ0v) is 12.3. The van der Waals surface area contributed by atoms with Crippen molar-refractivity contribution in [3.63, 3.8) is 0 Å². The van der Waals surface area contributed by atoms with Crippen LogP contribution in [0.2, 0.25) is 0 Å². The van der Waals surface area contributed by atoms with E-state index >= 15 is 0 Å². The number of amides is 3. The predicted octanol–water partition coefficient (Wildman–Crippen LogP) is 0.641. The van der Waals surface area contributed by atoms with E-state index in [1.807, 2.05) is 6.07 Å². The van der Waals surface area contributed by atoms with Gasteiger partial charge in [-0.15, -0.1) is 0 Å². The molecule has 0 spiro atoms. The first-order chi connectivity index (χ1) is 10.6. The average Bonchev–Trinajstić information content (AvgIpc) is 3.07. The van der Waals surface area contributed by atoms with E-state index in [0.717, 1.165) is 24.0 Å². The van der Waals surface area contributed by atoms with Gasteiger partial charge in [0.2, 0.25) is 0 Å². The Morgan fingerprint density at radius 1 is 1.32 bits per heavy atom. The number of likely N-dealkylation sites (N-methyl/N-ethyl adjacent to an activating group) is 1. The van der Waals surface area contributed by atoms with Crippen LogP contribution in [-0.2, 0) is 11.3 Å². The maximum Gasteiger partial charge on any atom is 0.327 e. The van der Waals surface area contributed by atoms with Gasteiger partial charge in [-0.2, -0.15) is 5.10 Å². The number of benzene rings is 1. The van der Waals surface area contributed by atoms with E-state index in [-0.39, 0.29) is 18.0 Å². The van der Waals surface area contributed by atoms with Gasteiger partial charge in [0.15, 0.2) is 0 Å². The Kier molecular flexibility index (Phi) is 2.90. The normalized spacial score (nSPS) is 22.7. The zero-order chi connectivity index (χ0) is 15.3. The summed E-state index contributed by atoms with van der Waals surface area (Å²) >= 11 is 0. The van der Waals surface area contributed by atoms with Crippen molar-refractivity contribution in [2.45, 2.75) is 12.6 Å². The summed E-state index contributed by atoms with van der Waals surface area (Å²) in [6.07, 6.45) is 1.80. The number of carbonyl (C=O) groups is 2. The summed E-state index contributed by atoms with van der Waals surface area (Å²) in [6, 6.07) is 5.71. The van der Waals surface area contributed by atoms with Gasteiger partial charge in [-0.3, -0.25) is 19.7 Å². The van der Waals surface area contributed by atoms with Crippen molar-refractivity contribution in [1.82, 2.24) is 24.9 Å². The fourth-order valence-corrected chi connectivity index (χ4v) is 3.27. The minimum absolute atomic E-state index is 0.0984. The summed E-state index contributed by atoms with van der Waals surface area (Å²) < 4.78 is 0. The van der Waals surface area contributed by atoms with Gasteiger partial charge in [0.1, 0.15) is 6.04 Å². The molecule has 1 aromatic carbocycles. The van der Waals surface area contributed by atoms with Crippen molar-refractivity contribution in [1.29, 1.82) is 0 Å². The number of urea groups is 1. The van der Waals surface area contributed by atoms with E-state index < -0.39 is 0 Å². The van der Waals surface area contributed by atoms with Crippen molar-refractivity contribution in [3.8, 4) is 0 Å². The van der Waals surface area contributed by atoms with Gasteiger partial charge in [-0.1, -0.05) is 12.1 Å². The minimum atomic E-state index is -0.331. The maximum absolute atomic E-state index is 12.1. The number of nitrogens with one attached hydrogen (secondary N) is 1. The van der Waals surface area contributed by atoms with E-state index in [1.165, 1.54) is 10.5 Å². The Morgan fingerprint density at radius 2 is 2.18 bits per heavy atom. The summed E-state index contributed by atoms with van der Waals surface area (Å²) in [6.45, 7) is 2.75. The third kappa shape index (κ3) is 1.97.